The molecule has 0 aliphatic carbocycles. The number of nitrogens with zero attached hydrogens (tertiary/aromatic N) is 1. The quantitative estimate of drug-likeness (QED) is 0.171. The van der Waals surface area contributed by atoms with Crippen LogP contribution < -0.4 is 27.4 Å². The van der Waals surface area contributed by atoms with E-state index in [1.54, 1.807) is 27.7 Å². The average Bonchev–Trinajstić information content (AvgIpc) is 3.21. The highest BCUT2D eigenvalue weighted by atomic mass is 16.4. The predicted molar refractivity (Wildman–Crippen MR) is 117 cm³/mol. The van der Waals surface area contributed by atoms with Crippen molar-refractivity contribution in [3.05, 3.63) is 18.2 Å². The Labute approximate surface area is 191 Å². The summed E-state index contributed by atoms with van der Waals surface area (Å²) >= 11 is 0. The predicted octanol–water partition coefficient (Wildman–Crippen LogP) is -1.99. The SMILES string of the molecule is CC(C)C(NC(=O)C(N)CC(N)=O)C(=O)NC(C(=O)NC(Cc1cnc[nH]1)C(=O)O)C(C)C. The fourth-order valence-electron chi connectivity index (χ4n) is 2.96. The van der Waals surface area contributed by atoms with Crippen LogP contribution in [0.5, 0.6) is 0 Å². The molecular formula is C20H33N7O6. The first-order valence-corrected chi connectivity index (χ1v) is 10.5. The summed E-state index contributed by atoms with van der Waals surface area (Å²) in [7, 11) is 0. The van der Waals surface area contributed by atoms with Gasteiger partial charge in [-0.25, -0.2) is 9.78 Å². The summed E-state index contributed by atoms with van der Waals surface area (Å²) in [5, 5.41) is 16.9. The minimum Gasteiger partial charge on any atom is -0.480 e. The van der Waals surface area contributed by atoms with Crippen LogP contribution in [0.15, 0.2) is 12.5 Å². The number of nitrogens with two attached hydrogens (primary N) is 2. The first-order valence-electron chi connectivity index (χ1n) is 10.5. The third-order valence-corrected chi connectivity index (χ3v) is 4.85. The Morgan fingerprint density at radius 3 is 1.91 bits per heavy atom. The van der Waals surface area contributed by atoms with Gasteiger partial charge in [0.05, 0.1) is 18.8 Å². The van der Waals surface area contributed by atoms with Gasteiger partial charge in [0.1, 0.15) is 18.1 Å². The molecule has 0 saturated carbocycles. The number of carbonyl (C=O) groups is 5. The number of H-pyrrole nitrogens is 1. The highest BCUT2D eigenvalue weighted by Crippen LogP contribution is 2.08. The van der Waals surface area contributed by atoms with E-state index in [4.69, 9.17) is 11.5 Å². The Morgan fingerprint density at radius 1 is 0.970 bits per heavy atom. The number of primary amides is 1. The minimum absolute atomic E-state index is 0.0255. The zero-order chi connectivity index (χ0) is 25.3. The van der Waals surface area contributed by atoms with Gasteiger partial charge in [-0.1, -0.05) is 27.7 Å². The average molecular weight is 468 g/mol. The van der Waals surface area contributed by atoms with Gasteiger partial charge in [-0.3, -0.25) is 19.2 Å². The molecule has 0 aromatic carbocycles. The molecule has 1 aromatic rings. The van der Waals surface area contributed by atoms with Crippen LogP contribution in [0.4, 0.5) is 0 Å². The third kappa shape index (κ3) is 8.88. The van der Waals surface area contributed by atoms with Gasteiger partial charge in [0.2, 0.25) is 23.6 Å². The highest BCUT2D eigenvalue weighted by molar-refractivity contribution is 5.95. The zero-order valence-electron chi connectivity index (χ0n) is 19.1. The summed E-state index contributed by atoms with van der Waals surface area (Å²) in [5.41, 5.74) is 11.2. The maximum atomic E-state index is 12.9. The number of aromatic nitrogens is 2. The van der Waals surface area contributed by atoms with E-state index in [9.17, 15) is 29.1 Å². The number of aromatic amines is 1. The largest absolute Gasteiger partial charge is 0.480 e. The fourth-order valence-corrected chi connectivity index (χ4v) is 2.96. The summed E-state index contributed by atoms with van der Waals surface area (Å²) in [6, 6.07) is -4.59. The Morgan fingerprint density at radius 2 is 1.48 bits per heavy atom. The molecule has 33 heavy (non-hydrogen) atoms. The van der Waals surface area contributed by atoms with Crippen molar-refractivity contribution in [1.82, 2.24) is 25.9 Å². The molecule has 184 valence electrons. The maximum absolute atomic E-state index is 12.9. The van der Waals surface area contributed by atoms with Gasteiger partial charge in [0.15, 0.2) is 0 Å². The van der Waals surface area contributed by atoms with Crippen LogP contribution in [0.2, 0.25) is 0 Å². The second kappa shape index (κ2) is 12.5. The van der Waals surface area contributed by atoms with Crippen molar-refractivity contribution in [2.75, 3.05) is 0 Å². The normalized spacial score (nSPS) is 14.8. The van der Waals surface area contributed by atoms with E-state index in [1.807, 2.05) is 0 Å². The van der Waals surface area contributed by atoms with Crippen LogP contribution in [0.1, 0.15) is 39.8 Å². The van der Waals surface area contributed by atoms with E-state index in [-0.39, 0.29) is 18.8 Å². The Balaban J connectivity index is 2.90. The van der Waals surface area contributed by atoms with Crippen molar-refractivity contribution < 1.29 is 29.1 Å². The van der Waals surface area contributed by atoms with E-state index in [1.165, 1.54) is 12.5 Å². The topological polar surface area (TPSA) is 222 Å². The number of carboxylic acids is 1. The lowest BCUT2D eigenvalue weighted by atomic mass is 9.98. The number of imidazole rings is 1. The van der Waals surface area contributed by atoms with Crippen molar-refractivity contribution in [1.29, 1.82) is 0 Å². The molecule has 0 fully saturated rings. The van der Waals surface area contributed by atoms with E-state index >= 15 is 0 Å². The van der Waals surface area contributed by atoms with Crippen molar-refractivity contribution in [2.45, 2.75) is 64.7 Å². The number of amides is 4. The van der Waals surface area contributed by atoms with E-state index < -0.39 is 59.7 Å². The van der Waals surface area contributed by atoms with Crippen molar-refractivity contribution >= 4 is 29.6 Å². The Bertz CT molecular complexity index is 840. The molecule has 1 rings (SSSR count). The Kier molecular flexibility index (Phi) is 10.5. The lowest BCUT2D eigenvalue weighted by Crippen LogP contribution is -2.59. The van der Waals surface area contributed by atoms with Crippen LogP contribution in [0.3, 0.4) is 0 Å². The molecule has 0 aliphatic rings. The molecule has 4 atom stereocenters. The highest BCUT2D eigenvalue weighted by Gasteiger charge is 2.33. The second-order valence-electron chi connectivity index (χ2n) is 8.42. The molecule has 13 nitrogen and oxygen atoms in total. The van der Waals surface area contributed by atoms with Crippen molar-refractivity contribution in [3.63, 3.8) is 0 Å². The third-order valence-electron chi connectivity index (χ3n) is 4.85. The van der Waals surface area contributed by atoms with E-state index in [2.05, 4.69) is 25.9 Å². The van der Waals surface area contributed by atoms with Gasteiger partial charge in [0.25, 0.3) is 0 Å². The maximum Gasteiger partial charge on any atom is 0.326 e. The molecule has 0 radical (unpaired) electrons. The van der Waals surface area contributed by atoms with Crippen LogP contribution in [0, 0.1) is 11.8 Å². The van der Waals surface area contributed by atoms with Crippen LogP contribution >= 0.6 is 0 Å². The summed E-state index contributed by atoms with van der Waals surface area (Å²) in [6.07, 6.45) is 2.43. The van der Waals surface area contributed by atoms with Crippen molar-refractivity contribution in [2.24, 2.45) is 23.3 Å². The van der Waals surface area contributed by atoms with Crippen molar-refractivity contribution in [3.8, 4) is 0 Å². The monoisotopic (exact) mass is 467 g/mol. The van der Waals surface area contributed by atoms with E-state index in [0.717, 1.165) is 0 Å². The number of nitrogens with one attached hydrogen (secondary N) is 4. The smallest absolute Gasteiger partial charge is 0.326 e. The van der Waals surface area contributed by atoms with Gasteiger partial charge in [-0.15, -0.1) is 0 Å². The fraction of sp³-hybridized carbons (Fsp3) is 0.600. The van der Waals surface area contributed by atoms with Gasteiger partial charge in [-0.05, 0) is 11.8 Å². The molecule has 4 amide bonds. The molecule has 9 N–H and O–H groups in total. The lowest BCUT2D eigenvalue weighted by molar-refractivity contribution is -0.142. The van der Waals surface area contributed by atoms with E-state index in [0.29, 0.717) is 5.69 Å². The molecule has 4 unspecified atom stereocenters. The molecule has 0 bridgehead atoms. The molecule has 0 saturated heterocycles. The second-order valence-corrected chi connectivity index (χ2v) is 8.42. The van der Waals surface area contributed by atoms with Crippen LogP contribution in [-0.4, -0.2) is 68.8 Å². The first kappa shape index (κ1) is 27.6. The summed E-state index contributed by atoms with van der Waals surface area (Å²) < 4.78 is 0. The summed E-state index contributed by atoms with van der Waals surface area (Å²) in [6.45, 7) is 6.72. The number of rotatable bonds is 13. The molecular weight excluding hydrogens is 434 g/mol. The molecule has 0 spiro atoms. The van der Waals surface area contributed by atoms with Gasteiger partial charge < -0.3 is 37.5 Å². The van der Waals surface area contributed by atoms with Gasteiger partial charge >= 0.3 is 5.97 Å². The lowest BCUT2D eigenvalue weighted by Gasteiger charge is -2.28. The Hall–Kier alpha value is -3.48. The summed E-state index contributed by atoms with van der Waals surface area (Å²) in [5.74, 6) is -4.86. The number of aliphatic carboxylic acids is 1. The first-order chi connectivity index (χ1) is 15.3. The number of carbonyl (C=O) groups excluding carboxylic acids is 4. The number of hydrogen-bond donors (Lipinski definition) is 7. The zero-order valence-corrected chi connectivity index (χ0v) is 19.1. The van der Waals surface area contributed by atoms with Crippen LogP contribution in [-0.2, 0) is 30.4 Å². The molecule has 0 aliphatic heterocycles. The standard InChI is InChI=1S/C20H33N7O6/c1-9(2)15(18(30)25-13(20(32)33)5-11-7-23-8-24-11)27-19(31)16(10(3)4)26-17(29)12(21)6-14(22)28/h7-10,12-13,15-16H,5-6,21H2,1-4H3,(H2,22,28)(H,23,24)(H,25,30)(H,26,29)(H,27,31)(H,32,33). The molecule has 1 aromatic heterocycles. The summed E-state index contributed by atoms with van der Waals surface area (Å²) in [4.78, 5) is 67.2. The number of carboxylic acid groups (broad SMARTS) is 1. The minimum atomic E-state index is -1.25. The van der Waals surface area contributed by atoms with Gasteiger partial charge in [0, 0.05) is 18.3 Å². The van der Waals surface area contributed by atoms with Crippen LogP contribution in [0.25, 0.3) is 0 Å². The molecule has 1 heterocycles. The molecule has 13 heteroatoms. The van der Waals surface area contributed by atoms with Gasteiger partial charge in [-0.2, -0.15) is 0 Å². The number of hydrogen-bond acceptors (Lipinski definition) is 7.